The van der Waals surface area contributed by atoms with Crippen LogP contribution >= 0.6 is 0 Å². The van der Waals surface area contributed by atoms with E-state index in [-0.39, 0.29) is 6.10 Å². The fourth-order valence-corrected chi connectivity index (χ4v) is 0.657. The van der Waals surface area contributed by atoms with E-state index in [2.05, 4.69) is 9.97 Å². The maximum atomic E-state index is 5.33. The Morgan fingerprint density at radius 2 is 2.27 bits per heavy atom. The van der Waals surface area contributed by atoms with Gasteiger partial charge in [-0.2, -0.15) is 0 Å². The molecule has 0 saturated carbocycles. The molecule has 0 atom stereocenters. The summed E-state index contributed by atoms with van der Waals surface area (Å²) in [6, 6.07) is 0. The molecule has 0 N–H and O–H groups in total. The number of hydrogen-bond acceptors (Lipinski definition) is 3. The van der Waals surface area contributed by atoms with Crippen molar-refractivity contribution in [3.63, 3.8) is 0 Å². The molecular weight excluding hydrogens is 140 g/mol. The number of nitrogens with zero attached hydrogens (tertiary/aromatic N) is 2. The Labute approximate surface area is 66.4 Å². The van der Waals surface area contributed by atoms with Crippen molar-refractivity contribution in [3.8, 4) is 0 Å². The average Bonchev–Trinajstić information content (AvgIpc) is 2.03. The molecule has 0 fully saturated rings. The van der Waals surface area contributed by atoms with Crippen molar-refractivity contribution in [3.05, 3.63) is 24.3 Å². The monoisotopic (exact) mass is 152 g/mol. The van der Waals surface area contributed by atoms with Crippen LogP contribution in [0.1, 0.15) is 19.5 Å². The molecule has 0 unspecified atom stereocenters. The van der Waals surface area contributed by atoms with E-state index in [1.54, 1.807) is 18.6 Å². The van der Waals surface area contributed by atoms with Gasteiger partial charge in [0.2, 0.25) is 0 Å². The first-order valence-electron chi connectivity index (χ1n) is 3.65. The zero-order valence-corrected chi connectivity index (χ0v) is 6.82. The minimum Gasteiger partial charge on any atom is -0.372 e. The predicted molar refractivity (Wildman–Crippen MR) is 42.0 cm³/mol. The predicted octanol–water partition coefficient (Wildman–Crippen LogP) is 1.40. The van der Waals surface area contributed by atoms with Crippen molar-refractivity contribution in [2.45, 2.75) is 26.6 Å². The summed E-state index contributed by atoms with van der Waals surface area (Å²) in [5.41, 5.74) is 0.876. The molecule has 0 amide bonds. The Kier molecular flexibility index (Phi) is 2.98. The van der Waals surface area contributed by atoms with E-state index >= 15 is 0 Å². The van der Waals surface area contributed by atoms with Crippen molar-refractivity contribution in [1.82, 2.24) is 9.97 Å². The largest absolute Gasteiger partial charge is 0.372 e. The molecule has 0 aliphatic rings. The van der Waals surface area contributed by atoms with Gasteiger partial charge in [0, 0.05) is 12.4 Å². The fourth-order valence-electron chi connectivity index (χ4n) is 0.657. The van der Waals surface area contributed by atoms with Crippen LogP contribution < -0.4 is 0 Å². The first-order chi connectivity index (χ1) is 5.29. The third-order valence-corrected chi connectivity index (χ3v) is 1.18. The summed E-state index contributed by atoms with van der Waals surface area (Å²) >= 11 is 0. The minimum atomic E-state index is 0.247. The van der Waals surface area contributed by atoms with Gasteiger partial charge in [-0.25, -0.2) is 0 Å². The molecule has 1 aromatic heterocycles. The van der Waals surface area contributed by atoms with Crippen LogP contribution in [0.2, 0.25) is 0 Å². The number of rotatable bonds is 3. The lowest BCUT2D eigenvalue weighted by atomic mass is 10.4. The molecule has 3 heteroatoms. The molecule has 0 spiro atoms. The van der Waals surface area contributed by atoms with Crippen LogP contribution in [-0.2, 0) is 11.3 Å². The van der Waals surface area contributed by atoms with E-state index in [9.17, 15) is 0 Å². The summed E-state index contributed by atoms with van der Waals surface area (Å²) in [4.78, 5) is 7.98. The maximum absolute atomic E-state index is 5.33. The van der Waals surface area contributed by atoms with E-state index in [4.69, 9.17) is 4.74 Å². The van der Waals surface area contributed by atoms with Crippen molar-refractivity contribution >= 4 is 0 Å². The molecule has 0 aliphatic heterocycles. The van der Waals surface area contributed by atoms with E-state index in [1.807, 2.05) is 13.8 Å². The van der Waals surface area contributed by atoms with Gasteiger partial charge in [-0.1, -0.05) is 0 Å². The molecular formula is C8H12N2O. The standard InChI is InChI=1S/C8H12N2O/c1-7(2)11-6-8-5-9-3-4-10-8/h3-5,7H,6H2,1-2H3. The van der Waals surface area contributed by atoms with Crippen LogP contribution in [0.3, 0.4) is 0 Å². The van der Waals surface area contributed by atoms with Crippen LogP contribution in [0.15, 0.2) is 18.6 Å². The Bertz CT molecular complexity index is 199. The third-order valence-electron chi connectivity index (χ3n) is 1.18. The second kappa shape index (κ2) is 4.03. The van der Waals surface area contributed by atoms with Crippen molar-refractivity contribution in [2.24, 2.45) is 0 Å². The van der Waals surface area contributed by atoms with Gasteiger partial charge < -0.3 is 4.74 Å². The van der Waals surface area contributed by atoms with Crippen LogP contribution in [-0.4, -0.2) is 16.1 Å². The quantitative estimate of drug-likeness (QED) is 0.656. The second-order valence-corrected chi connectivity index (χ2v) is 2.56. The summed E-state index contributed by atoms with van der Waals surface area (Å²) in [6.45, 7) is 4.54. The molecule has 3 nitrogen and oxygen atoms in total. The molecule has 0 radical (unpaired) electrons. The van der Waals surface area contributed by atoms with Gasteiger partial charge in [0.25, 0.3) is 0 Å². The summed E-state index contributed by atoms with van der Waals surface area (Å²) in [5, 5.41) is 0. The topological polar surface area (TPSA) is 35.0 Å². The van der Waals surface area contributed by atoms with E-state index in [0.717, 1.165) is 5.69 Å². The Balaban J connectivity index is 2.39. The Hall–Kier alpha value is -0.960. The molecule has 1 aromatic rings. The first-order valence-corrected chi connectivity index (χ1v) is 3.65. The molecule has 11 heavy (non-hydrogen) atoms. The van der Waals surface area contributed by atoms with Crippen LogP contribution in [0, 0.1) is 0 Å². The number of ether oxygens (including phenoxy) is 1. The molecule has 1 rings (SSSR count). The summed E-state index contributed by atoms with van der Waals surface area (Å²) in [5.74, 6) is 0. The highest BCUT2D eigenvalue weighted by atomic mass is 16.5. The maximum Gasteiger partial charge on any atom is 0.0907 e. The third kappa shape index (κ3) is 3.09. The van der Waals surface area contributed by atoms with Crippen molar-refractivity contribution in [2.75, 3.05) is 0 Å². The van der Waals surface area contributed by atoms with Crippen molar-refractivity contribution in [1.29, 1.82) is 0 Å². The van der Waals surface area contributed by atoms with Crippen LogP contribution in [0.5, 0.6) is 0 Å². The lowest BCUT2D eigenvalue weighted by Crippen LogP contribution is -2.03. The highest BCUT2D eigenvalue weighted by Gasteiger charge is 1.95. The molecule has 0 aliphatic carbocycles. The minimum absolute atomic E-state index is 0.247. The van der Waals surface area contributed by atoms with E-state index in [0.29, 0.717) is 6.61 Å². The average molecular weight is 152 g/mol. The lowest BCUT2D eigenvalue weighted by molar-refractivity contribution is 0.0634. The summed E-state index contributed by atoms with van der Waals surface area (Å²) in [6.07, 6.45) is 5.28. The van der Waals surface area contributed by atoms with Gasteiger partial charge in [-0.15, -0.1) is 0 Å². The smallest absolute Gasteiger partial charge is 0.0907 e. The highest BCUT2D eigenvalue weighted by Crippen LogP contribution is 1.96. The second-order valence-electron chi connectivity index (χ2n) is 2.56. The van der Waals surface area contributed by atoms with Gasteiger partial charge in [0.05, 0.1) is 24.6 Å². The van der Waals surface area contributed by atoms with Crippen LogP contribution in [0.25, 0.3) is 0 Å². The zero-order chi connectivity index (χ0) is 8.10. The highest BCUT2D eigenvalue weighted by molar-refractivity contribution is 4.91. The fraction of sp³-hybridized carbons (Fsp3) is 0.500. The molecule has 60 valence electrons. The number of aromatic nitrogens is 2. The van der Waals surface area contributed by atoms with Gasteiger partial charge in [-0.05, 0) is 13.8 Å². The Morgan fingerprint density at radius 3 is 2.82 bits per heavy atom. The first kappa shape index (κ1) is 8.14. The van der Waals surface area contributed by atoms with E-state index < -0.39 is 0 Å². The van der Waals surface area contributed by atoms with Gasteiger partial charge in [-0.3, -0.25) is 9.97 Å². The molecule has 0 saturated heterocycles. The van der Waals surface area contributed by atoms with Crippen LogP contribution in [0.4, 0.5) is 0 Å². The van der Waals surface area contributed by atoms with Crippen molar-refractivity contribution < 1.29 is 4.74 Å². The molecule has 1 heterocycles. The summed E-state index contributed by atoms with van der Waals surface area (Å²) in [7, 11) is 0. The lowest BCUT2D eigenvalue weighted by Gasteiger charge is -2.05. The SMILES string of the molecule is CC(C)OCc1cnccn1. The van der Waals surface area contributed by atoms with Gasteiger partial charge >= 0.3 is 0 Å². The normalized spacial score (nSPS) is 10.5. The Morgan fingerprint density at radius 1 is 1.45 bits per heavy atom. The van der Waals surface area contributed by atoms with Gasteiger partial charge in [0.15, 0.2) is 0 Å². The number of hydrogen-bond donors (Lipinski definition) is 0. The summed E-state index contributed by atoms with van der Waals surface area (Å²) < 4.78 is 5.33. The zero-order valence-electron chi connectivity index (χ0n) is 6.82. The molecule has 0 bridgehead atoms. The molecule has 0 aromatic carbocycles. The van der Waals surface area contributed by atoms with E-state index in [1.165, 1.54) is 0 Å². The van der Waals surface area contributed by atoms with Gasteiger partial charge in [0.1, 0.15) is 0 Å².